The van der Waals surface area contributed by atoms with E-state index in [0.717, 1.165) is 0 Å². The van der Waals surface area contributed by atoms with Gasteiger partial charge in [-0.25, -0.2) is 8.42 Å². The molecule has 0 aromatic heterocycles. The molecule has 1 saturated heterocycles. The maximum Gasteiger partial charge on any atom is 0.245 e. The van der Waals surface area contributed by atoms with E-state index >= 15 is 0 Å². The average Bonchev–Trinajstić information content (AvgIpc) is 3.40. The number of rotatable bonds is 4. The highest BCUT2D eigenvalue weighted by Crippen LogP contribution is 2.48. The molecule has 1 saturated carbocycles. The van der Waals surface area contributed by atoms with Gasteiger partial charge in [0.05, 0.1) is 4.90 Å². The molecule has 130 valence electrons. The molecular weight excluding hydrogens is 328 g/mol. The zero-order valence-electron chi connectivity index (χ0n) is 13.9. The average molecular weight is 350 g/mol. The summed E-state index contributed by atoms with van der Waals surface area (Å²) in [6, 6.07) is 7.47. The molecule has 1 aromatic carbocycles. The van der Waals surface area contributed by atoms with Gasteiger partial charge in [0.25, 0.3) is 0 Å². The van der Waals surface area contributed by atoms with Crippen LogP contribution in [-0.4, -0.2) is 60.5 Å². The Hall–Kier alpha value is -1.89. The Morgan fingerprint density at radius 3 is 2.38 bits per heavy atom. The van der Waals surface area contributed by atoms with Crippen LogP contribution in [0.5, 0.6) is 0 Å². The third kappa shape index (κ3) is 2.42. The van der Waals surface area contributed by atoms with Crippen molar-refractivity contribution in [2.75, 3.05) is 19.6 Å². The molecule has 6 nitrogen and oxygen atoms in total. The molecule has 24 heavy (non-hydrogen) atoms. The van der Waals surface area contributed by atoms with E-state index in [2.05, 4.69) is 0 Å². The first kappa shape index (κ1) is 17.0. The molecule has 1 atom stereocenters. The van der Waals surface area contributed by atoms with E-state index in [0.29, 0.717) is 32.5 Å². The summed E-state index contributed by atoms with van der Waals surface area (Å²) in [5.74, 6) is -0.548. The second kappa shape index (κ2) is 5.88. The second-order valence-corrected chi connectivity index (χ2v) is 8.66. The molecule has 2 fully saturated rings. The molecule has 0 radical (unpaired) electrons. The van der Waals surface area contributed by atoms with Gasteiger partial charge in [0.2, 0.25) is 11.8 Å². The zero-order valence-corrected chi connectivity index (χ0v) is 14.8. The lowest BCUT2D eigenvalue weighted by atomic mass is 10.1. The Balaban J connectivity index is 1.89. The molecule has 1 aliphatic carbocycles. The third-order valence-electron chi connectivity index (χ3n) is 5.05. The van der Waals surface area contributed by atoms with Crippen LogP contribution < -0.4 is 0 Å². The Labute approximate surface area is 142 Å². The van der Waals surface area contributed by atoms with Crippen molar-refractivity contribution in [3.63, 3.8) is 0 Å². The van der Waals surface area contributed by atoms with Crippen molar-refractivity contribution < 1.29 is 18.0 Å². The van der Waals surface area contributed by atoms with E-state index in [-0.39, 0.29) is 10.8 Å². The Morgan fingerprint density at radius 2 is 1.83 bits per heavy atom. The first-order valence-corrected chi connectivity index (χ1v) is 9.73. The molecule has 0 spiro atoms. The Kier molecular flexibility index (Phi) is 4.15. The molecule has 1 aromatic rings. The number of amides is 2. The van der Waals surface area contributed by atoms with Gasteiger partial charge in [-0.05, 0) is 38.8 Å². The summed E-state index contributed by atoms with van der Waals surface area (Å²) in [6.07, 6.45) is 0.635. The smallest absolute Gasteiger partial charge is 0.245 e. The van der Waals surface area contributed by atoms with Gasteiger partial charge < -0.3 is 9.80 Å². The summed E-state index contributed by atoms with van der Waals surface area (Å²) in [5.41, 5.74) is 0. The fourth-order valence-electron chi connectivity index (χ4n) is 3.32. The van der Waals surface area contributed by atoms with E-state index in [1.165, 1.54) is 17.0 Å². The van der Waals surface area contributed by atoms with Crippen LogP contribution in [0.3, 0.4) is 0 Å². The predicted molar refractivity (Wildman–Crippen MR) is 89.0 cm³/mol. The molecule has 2 amide bonds. The van der Waals surface area contributed by atoms with Crippen molar-refractivity contribution in [3.05, 3.63) is 30.3 Å². The van der Waals surface area contributed by atoms with Gasteiger partial charge in [-0.1, -0.05) is 18.2 Å². The summed E-state index contributed by atoms with van der Waals surface area (Å²) in [4.78, 5) is 28.7. The van der Waals surface area contributed by atoms with Crippen LogP contribution in [0.2, 0.25) is 0 Å². The number of benzene rings is 1. The molecule has 3 rings (SSSR count). The van der Waals surface area contributed by atoms with Gasteiger partial charge >= 0.3 is 0 Å². The number of piperazine rings is 1. The third-order valence-corrected chi connectivity index (χ3v) is 7.56. The lowest BCUT2D eigenvalue weighted by Crippen LogP contribution is -2.60. The SMILES string of the molecule is CCN1CCN(C(=O)C2(S(=O)(=O)c3ccccc3)CC2)[C@H](C)C1=O. The highest BCUT2D eigenvalue weighted by molar-refractivity contribution is 7.94. The molecular formula is C17H22N2O4S. The monoisotopic (exact) mass is 350 g/mol. The summed E-state index contributed by atoms with van der Waals surface area (Å²) < 4.78 is 24.5. The maximum atomic E-state index is 13.0. The van der Waals surface area contributed by atoms with E-state index in [4.69, 9.17) is 0 Å². The zero-order chi connectivity index (χ0) is 17.5. The minimum absolute atomic E-state index is 0.120. The van der Waals surface area contributed by atoms with Gasteiger partial charge in [0, 0.05) is 19.6 Å². The number of carbonyl (C=O) groups excluding carboxylic acids is 2. The van der Waals surface area contributed by atoms with Gasteiger partial charge in [-0.2, -0.15) is 0 Å². The summed E-state index contributed by atoms with van der Waals surface area (Å²) in [5, 5.41) is 0. The standard InChI is InChI=1S/C17H22N2O4S/c1-3-18-11-12-19(13(2)15(18)20)16(21)17(9-10-17)24(22,23)14-7-5-4-6-8-14/h4-8,13H,3,9-12H2,1-2H3/t13-/m1/s1. The maximum absolute atomic E-state index is 13.0. The Bertz CT molecular complexity index is 756. The molecule has 0 bridgehead atoms. The molecule has 1 heterocycles. The van der Waals surface area contributed by atoms with E-state index in [1.807, 2.05) is 6.92 Å². The van der Waals surface area contributed by atoms with Crippen molar-refractivity contribution in [3.8, 4) is 0 Å². The molecule has 7 heteroatoms. The van der Waals surface area contributed by atoms with Gasteiger partial charge in [0.1, 0.15) is 6.04 Å². The van der Waals surface area contributed by atoms with Crippen molar-refractivity contribution in [1.82, 2.24) is 9.80 Å². The van der Waals surface area contributed by atoms with Gasteiger partial charge in [0.15, 0.2) is 14.6 Å². The minimum atomic E-state index is -3.75. The van der Waals surface area contributed by atoms with Crippen LogP contribution in [0, 0.1) is 0 Å². The van der Waals surface area contributed by atoms with Crippen molar-refractivity contribution in [2.45, 2.75) is 42.4 Å². The number of hydrogen-bond donors (Lipinski definition) is 0. The lowest BCUT2D eigenvalue weighted by Gasteiger charge is -2.40. The van der Waals surface area contributed by atoms with Crippen LogP contribution in [0.1, 0.15) is 26.7 Å². The van der Waals surface area contributed by atoms with Crippen LogP contribution in [-0.2, 0) is 19.4 Å². The number of sulfone groups is 1. The van der Waals surface area contributed by atoms with Crippen LogP contribution in [0.25, 0.3) is 0 Å². The van der Waals surface area contributed by atoms with E-state index in [9.17, 15) is 18.0 Å². The predicted octanol–water partition coefficient (Wildman–Crippen LogP) is 1.07. The van der Waals surface area contributed by atoms with Crippen LogP contribution in [0.15, 0.2) is 35.2 Å². The highest BCUT2D eigenvalue weighted by Gasteiger charge is 2.63. The summed E-state index contributed by atoms with van der Waals surface area (Å²) >= 11 is 0. The number of carbonyl (C=O) groups is 2. The fraction of sp³-hybridized carbons (Fsp3) is 0.529. The van der Waals surface area contributed by atoms with Gasteiger partial charge in [-0.15, -0.1) is 0 Å². The number of likely N-dealkylation sites (N-methyl/N-ethyl adjacent to an activating group) is 1. The molecule has 0 N–H and O–H groups in total. The number of nitrogens with zero attached hydrogens (tertiary/aromatic N) is 2. The first-order valence-electron chi connectivity index (χ1n) is 8.24. The Morgan fingerprint density at radius 1 is 1.21 bits per heavy atom. The van der Waals surface area contributed by atoms with Crippen molar-refractivity contribution in [1.29, 1.82) is 0 Å². The minimum Gasteiger partial charge on any atom is -0.339 e. The van der Waals surface area contributed by atoms with Gasteiger partial charge in [-0.3, -0.25) is 9.59 Å². The van der Waals surface area contributed by atoms with Crippen molar-refractivity contribution >= 4 is 21.7 Å². The van der Waals surface area contributed by atoms with Crippen molar-refractivity contribution in [2.24, 2.45) is 0 Å². The molecule has 2 aliphatic rings. The molecule has 1 aliphatic heterocycles. The fourth-order valence-corrected chi connectivity index (χ4v) is 5.27. The lowest BCUT2D eigenvalue weighted by molar-refractivity contribution is -0.150. The largest absolute Gasteiger partial charge is 0.339 e. The van der Waals surface area contributed by atoms with E-state index < -0.39 is 26.5 Å². The summed E-state index contributed by atoms with van der Waals surface area (Å²) in [6.45, 7) is 4.99. The van der Waals surface area contributed by atoms with E-state index in [1.54, 1.807) is 30.0 Å². The first-order chi connectivity index (χ1) is 11.3. The second-order valence-electron chi connectivity index (χ2n) is 6.40. The normalized spacial score (nSPS) is 23.2. The quantitative estimate of drug-likeness (QED) is 0.814. The highest BCUT2D eigenvalue weighted by atomic mass is 32.2. The summed E-state index contributed by atoms with van der Waals surface area (Å²) in [7, 11) is -3.75. The van der Waals surface area contributed by atoms with Crippen LogP contribution in [0.4, 0.5) is 0 Å². The topological polar surface area (TPSA) is 74.8 Å². The van der Waals surface area contributed by atoms with Crippen LogP contribution >= 0.6 is 0 Å². The molecule has 0 unspecified atom stereocenters. The number of hydrogen-bond acceptors (Lipinski definition) is 4.